The molecule has 0 aliphatic rings. The lowest BCUT2D eigenvalue weighted by Crippen LogP contribution is -2.24. The van der Waals surface area contributed by atoms with Gasteiger partial charge in [-0.25, -0.2) is 9.97 Å². The maximum Gasteiger partial charge on any atom is 0.139 e. The molecule has 0 unspecified atom stereocenters. The molecule has 5 nitrogen and oxygen atoms in total. The lowest BCUT2D eigenvalue weighted by molar-refractivity contribution is 0.401. The van der Waals surface area contributed by atoms with Crippen LogP contribution >= 0.6 is 0 Å². The highest BCUT2D eigenvalue weighted by Crippen LogP contribution is 2.23. The van der Waals surface area contributed by atoms with Gasteiger partial charge in [0.15, 0.2) is 0 Å². The molecule has 1 aromatic carbocycles. The van der Waals surface area contributed by atoms with Gasteiger partial charge >= 0.3 is 0 Å². The summed E-state index contributed by atoms with van der Waals surface area (Å²) < 4.78 is 0. The second kappa shape index (κ2) is 5.84. The summed E-state index contributed by atoms with van der Waals surface area (Å²) in [5.74, 6) is 0.962. The maximum absolute atomic E-state index is 5.78. The average molecular weight is 259 g/mol. The van der Waals surface area contributed by atoms with Crippen LogP contribution in [0.2, 0.25) is 0 Å². The number of anilines is 2. The van der Waals surface area contributed by atoms with Gasteiger partial charge in [0, 0.05) is 24.7 Å². The average Bonchev–Trinajstić information content (AvgIpc) is 2.37. The van der Waals surface area contributed by atoms with E-state index in [9.17, 15) is 0 Å². The van der Waals surface area contributed by atoms with Crippen LogP contribution in [0.15, 0.2) is 24.5 Å². The molecule has 2 N–H and O–H groups in total. The molecule has 102 valence electrons. The highest BCUT2D eigenvalue weighted by Gasteiger charge is 2.08. The molecule has 5 heteroatoms. The molecule has 0 amide bonds. The van der Waals surface area contributed by atoms with Crippen LogP contribution < -0.4 is 10.6 Å². The quantitative estimate of drug-likeness (QED) is 0.827. The predicted octanol–water partition coefficient (Wildman–Crippen LogP) is 1.60. The molecular weight excluding hydrogens is 238 g/mol. The third-order valence-corrected chi connectivity index (χ3v) is 3.10. The van der Waals surface area contributed by atoms with Gasteiger partial charge in [0.1, 0.15) is 12.1 Å². The van der Waals surface area contributed by atoms with Crippen LogP contribution in [-0.2, 0) is 0 Å². The number of nitrogens with two attached hydrogens (primary N) is 1. The monoisotopic (exact) mass is 259 g/mol. The molecule has 0 fully saturated rings. The molecule has 0 radical (unpaired) electrons. The Kier molecular flexibility index (Phi) is 4.16. The molecule has 0 aliphatic carbocycles. The zero-order valence-corrected chi connectivity index (χ0v) is 11.8. The van der Waals surface area contributed by atoms with Gasteiger partial charge in [-0.15, -0.1) is 0 Å². The molecule has 0 saturated carbocycles. The summed E-state index contributed by atoms with van der Waals surface area (Å²) in [5, 5.41) is 1.05. The Morgan fingerprint density at radius 1 is 1.11 bits per heavy atom. The van der Waals surface area contributed by atoms with E-state index in [1.54, 1.807) is 6.33 Å². The van der Waals surface area contributed by atoms with Crippen molar-refractivity contribution in [3.8, 4) is 0 Å². The second-order valence-electron chi connectivity index (χ2n) is 5.05. The van der Waals surface area contributed by atoms with Gasteiger partial charge in [0.05, 0.1) is 5.52 Å². The summed E-state index contributed by atoms with van der Waals surface area (Å²) in [6.07, 6.45) is 2.70. The fourth-order valence-corrected chi connectivity index (χ4v) is 2.09. The van der Waals surface area contributed by atoms with E-state index in [4.69, 9.17) is 5.73 Å². The van der Waals surface area contributed by atoms with E-state index >= 15 is 0 Å². The smallest absolute Gasteiger partial charge is 0.139 e. The Hall–Kier alpha value is -1.88. The fraction of sp³-hybridized carbons (Fsp3) is 0.429. The van der Waals surface area contributed by atoms with Crippen molar-refractivity contribution in [2.45, 2.75) is 6.42 Å². The third kappa shape index (κ3) is 3.32. The number of hydrogen-bond donors (Lipinski definition) is 1. The number of nitrogens with zero attached hydrogens (tertiary/aromatic N) is 4. The summed E-state index contributed by atoms with van der Waals surface area (Å²) in [5.41, 5.74) is 7.41. The van der Waals surface area contributed by atoms with Gasteiger partial charge < -0.3 is 15.5 Å². The molecule has 0 aliphatic heterocycles. The first-order valence-electron chi connectivity index (χ1n) is 6.44. The van der Waals surface area contributed by atoms with Gasteiger partial charge in [-0.2, -0.15) is 0 Å². The van der Waals surface area contributed by atoms with Crippen LogP contribution in [0.5, 0.6) is 0 Å². The first kappa shape index (κ1) is 13.5. The van der Waals surface area contributed by atoms with Crippen LogP contribution in [0.4, 0.5) is 11.5 Å². The Morgan fingerprint density at radius 2 is 1.89 bits per heavy atom. The van der Waals surface area contributed by atoms with Gasteiger partial charge in [0.25, 0.3) is 0 Å². The van der Waals surface area contributed by atoms with Crippen LogP contribution in [0.1, 0.15) is 6.42 Å². The molecule has 2 rings (SSSR count). The minimum absolute atomic E-state index is 0.729. The van der Waals surface area contributed by atoms with Gasteiger partial charge in [-0.1, -0.05) is 0 Å². The minimum Gasteiger partial charge on any atom is -0.399 e. The van der Waals surface area contributed by atoms with Crippen LogP contribution in [-0.4, -0.2) is 49.1 Å². The van der Waals surface area contributed by atoms with Gasteiger partial charge in [-0.3, -0.25) is 0 Å². The van der Waals surface area contributed by atoms with Crippen molar-refractivity contribution in [2.24, 2.45) is 0 Å². The number of fused-ring (bicyclic) bond motifs is 1. The highest BCUT2D eigenvalue weighted by atomic mass is 15.2. The standard InChI is InChI=1S/C14H21N5/c1-18(2)7-4-8-19(3)14-12-6-5-11(15)9-13(12)16-10-17-14/h5-6,9-10H,4,7-8,15H2,1-3H3. The van der Waals surface area contributed by atoms with E-state index in [-0.39, 0.29) is 0 Å². The summed E-state index contributed by atoms with van der Waals surface area (Å²) in [4.78, 5) is 13.0. The maximum atomic E-state index is 5.78. The van der Waals surface area contributed by atoms with Crippen LogP contribution in [0.3, 0.4) is 0 Å². The van der Waals surface area contributed by atoms with Crippen molar-refractivity contribution >= 4 is 22.4 Å². The lowest BCUT2D eigenvalue weighted by Gasteiger charge is -2.20. The second-order valence-corrected chi connectivity index (χ2v) is 5.05. The Labute approximate surface area is 114 Å². The number of nitrogen functional groups attached to an aromatic ring is 1. The Balaban J connectivity index is 2.19. The van der Waals surface area contributed by atoms with E-state index < -0.39 is 0 Å². The zero-order chi connectivity index (χ0) is 13.8. The van der Waals surface area contributed by atoms with Crippen molar-refractivity contribution < 1.29 is 0 Å². The number of aromatic nitrogens is 2. The summed E-state index contributed by atoms with van der Waals surface area (Å²) in [7, 11) is 6.24. The Bertz CT molecular complexity index is 553. The molecule has 0 spiro atoms. The molecule has 0 atom stereocenters. The first-order chi connectivity index (χ1) is 9.08. The molecule has 1 heterocycles. The SMILES string of the molecule is CN(C)CCCN(C)c1ncnc2cc(N)ccc12. The normalized spacial score (nSPS) is 11.2. The van der Waals surface area contributed by atoms with Gasteiger partial charge in [-0.05, 0) is 45.3 Å². The van der Waals surface area contributed by atoms with Crippen LogP contribution in [0.25, 0.3) is 10.9 Å². The van der Waals surface area contributed by atoms with Crippen molar-refractivity contribution in [3.63, 3.8) is 0 Å². The van der Waals surface area contributed by atoms with E-state index in [1.807, 2.05) is 18.2 Å². The van der Waals surface area contributed by atoms with Crippen molar-refractivity contribution in [3.05, 3.63) is 24.5 Å². The molecular formula is C14H21N5. The van der Waals surface area contributed by atoms with E-state index in [0.717, 1.165) is 41.9 Å². The molecule has 0 bridgehead atoms. The first-order valence-corrected chi connectivity index (χ1v) is 6.44. The summed E-state index contributed by atoms with van der Waals surface area (Å²) in [6.45, 7) is 2.04. The van der Waals surface area contributed by atoms with E-state index in [1.165, 1.54) is 0 Å². The molecule has 19 heavy (non-hydrogen) atoms. The van der Waals surface area contributed by atoms with Gasteiger partial charge in [0.2, 0.25) is 0 Å². The van der Waals surface area contributed by atoms with E-state index in [2.05, 4.69) is 40.9 Å². The molecule has 0 saturated heterocycles. The number of hydrogen-bond acceptors (Lipinski definition) is 5. The molecule has 1 aromatic heterocycles. The minimum atomic E-state index is 0.729. The fourth-order valence-electron chi connectivity index (χ4n) is 2.09. The number of benzene rings is 1. The summed E-state index contributed by atoms with van der Waals surface area (Å²) >= 11 is 0. The largest absolute Gasteiger partial charge is 0.399 e. The van der Waals surface area contributed by atoms with Crippen molar-refractivity contribution in [2.75, 3.05) is 44.9 Å². The third-order valence-electron chi connectivity index (χ3n) is 3.10. The van der Waals surface area contributed by atoms with Crippen LogP contribution in [0, 0.1) is 0 Å². The van der Waals surface area contributed by atoms with E-state index in [0.29, 0.717) is 0 Å². The van der Waals surface area contributed by atoms with Crippen molar-refractivity contribution in [1.82, 2.24) is 14.9 Å². The highest BCUT2D eigenvalue weighted by molar-refractivity contribution is 5.91. The topological polar surface area (TPSA) is 58.3 Å². The van der Waals surface area contributed by atoms with Crippen molar-refractivity contribution in [1.29, 1.82) is 0 Å². The predicted molar refractivity (Wildman–Crippen MR) is 80.4 cm³/mol. The summed E-state index contributed by atoms with van der Waals surface area (Å²) in [6, 6.07) is 5.76. The Morgan fingerprint density at radius 3 is 2.63 bits per heavy atom. The molecule has 2 aromatic rings. The lowest BCUT2D eigenvalue weighted by atomic mass is 10.2. The number of rotatable bonds is 5. The zero-order valence-electron chi connectivity index (χ0n) is 11.8.